The molecule has 1 unspecified atom stereocenters. The third kappa shape index (κ3) is 3.61. The standard InChI is InChI=1S/C15H13Br2NO2/c1-9(10-2-4-11(16)5-3-10)18-14-8-12(17)6-7-13(14)15(19)20/h2-9,18H,1H3,(H,19,20). The zero-order valence-electron chi connectivity index (χ0n) is 10.7. The molecule has 0 saturated carbocycles. The lowest BCUT2D eigenvalue weighted by Crippen LogP contribution is -2.10. The van der Waals surface area contributed by atoms with Gasteiger partial charge in [0.15, 0.2) is 0 Å². The quantitative estimate of drug-likeness (QED) is 0.754. The normalized spacial score (nSPS) is 11.9. The van der Waals surface area contributed by atoms with E-state index in [0.717, 1.165) is 14.5 Å². The number of nitrogens with one attached hydrogen (secondary N) is 1. The summed E-state index contributed by atoms with van der Waals surface area (Å²) in [6.45, 7) is 2.00. The minimum absolute atomic E-state index is 0.00972. The summed E-state index contributed by atoms with van der Waals surface area (Å²) < 4.78 is 1.86. The smallest absolute Gasteiger partial charge is 0.337 e. The van der Waals surface area contributed by atoms with Gasteiger partial charge in [-0.1, -0.05) is 44.0 Å². The van der Waals surface area contributed by atoms with Crippen LogP contribution in [0.2, 0.25) is 0 Å². The van der Waals surface area contributed by atoms with Crippen LogP contribution in [-0.2, 0) is 0 Å². The second kappa shape index (κ2) is 6.41. The Morgan fingerprint density at radius 3 is 2.30 bits per heavy atom. The molecular formula is C15H13Br2NO2. The van der Waals surface area contributed by atoms with Gasteiger partial charge in [0.05, 0.1) is 11.3 Å². The molecule has 0 spiro atoms. The van der Waals surface area contributed by atoms with E-state index in [-0.39, 0.29) is 11.6 Å². The highest BCUT2D eigenvalue weighted by atomic mass is 79.9. The van der Waals surface area contributed by atoms with Crippen molar-refractivity contribution < 1.29 is 9.90 Å². The van der Waals surface area contributed by atoms with E-state index >= 15 is 0 Å². The van der Waals surface area contributed by atoms with Crippen molar-refractivity contribution >= 4 is 43.5 Å². The van der Waals surface area contributed by atoms with Crippen LogP contribution in [0.25, 0.3) is 0 Å². The Balaban J connectivity index is 2.27. The van der Waals surface area contributed by atoms with Gasteiger partial charge in [-0.25, -0.2) is 4.79 Å². The fourth-order valence-corrected chi connectivity index (χ4v) is 2.52. The van der Waals surface area contributed by atoms with Crippen LogP contribution in [0.3, 0.4) is 0 Å². The van der Waals surface area contributed by atoms with E-state index in [0.29, 0.717) is 5.69 Å². The van der Waals surface area contributed by atoms with Gasteiger partial charge in [-0.15, -0.1) is 0 Å². The molecule has 0 aliphatic rings. The van der Waals surface area contributed by atoms with E-state index < -0.39 is 5.97 Å². The van der Waals surface area contributed by atoms with E-state index in [4.69, 9.17) is 0 Å². The topological polar surface area (TPSA) is 49.3 Å². The summed E-state index contributed by atoms with van der Waals surface area (Å²) in [5.74, 6) is -0.942. The summed E-state index contributed by atoms with van der Waals surface area (Å²) in [7, 11) is 0. The lowest BCUT2D eigenvalue weighted by atomic mass is 10.1. The first kappa shape index (κ1) is 15.1. The largest absolute Gasteiger partial charge is 0.478 e. The van der Waals surface area contributed by atoms with Crippen molar-refractivity contribution in [3.05, 3.63) is 62.5 Å². The van der Waals surface area contributed by atoms with Crippen LogP contribution in [0.4, 0.5) is 5.69 Å². The maximum absolute atomic E-state index is 11.2. The summed E-state index contributed by atoms with van der Waals surface area (Å²) >= 11 is 6.76. The fraction of sp³-hybridized carbons (Fsp3) is 0.133. The Kier molecular flexibility index (Phi) is 4.83. The molecule has 0 aliphatic heterocycles. The molecule has 0 amide bonds. The monoisotopic (exact) mass is 397 g/mol. The maximum Gasteiger partial charge on any atom is 0.337 e. The molecule has 3 nitrogen and oxygen atoms in total. The van der Waals surface area contributed by atoms with Crippen molar-refractivity contribution in [1.29, 1.82) is 0 Å². The van der Waals surface area contributed by atoms with Crippen LogP contribution in [0.1, 0.15) is 28.9 Å². The maximum atomic E-state index is 11.2. The molecule has 2 N–H and O–H groups in total. The Bertz CT molecular complexity index is 626. The van der Waals surface area contributed by atoms with Crippen LogP contribution in [0.5, 0.6) is 0 Å². The fourth-order valence-electron chi connectivity index (χ4n) is 1.89. The van der Waals surface area contributed by atoms with Gasteiger partial charge in [-0.2, -0.15) is 0 Å². The summed E-state index contributed by atoms with van der Waals surface area (Å²) in [6.07, 6.45) is 0. The lowest BCUT2D eigenvalue weighted by molar-refractivity contribution is 0.0698. The highest BCUT2D eigenvalue weighted by Crippen LogP contribution is 2.26. The van der Waals surface area contributed by atoms with Crippen LogP contribution in [-0.4, -0.2) is 11.1 Å². The van der Waals surface area contributed by atoms with Crippen LogP contribution < -0.4 is 5.32 Å². The number of hydrogen-bond donors (Lipinski definition) is 2. The summed E-state index contributed by atoms with van der Waals surface area (Å²) in [6, 6.07) is 13.0. The Labute approximate surface area is 134 Å². The Morgan fingerprint density at radius 1 is 1.10 bits per heavy atom. The molecular weight excluding hydrogens is 386 g/mol. The van der Waals surface area contributed by atoms with Gasteiger partial charge >= 0.3 is 5.97 Å². The minimum Gasteiger partial charge on any atom is -0.478 e. The van der Waals surface area contributed by atoms with E-state index in [2.05, 4.69) is 37.2 Å². The van der Waals surface area contributed by atoms with Crippen LogP contribution >= 0.6 is 31.9 Å². The molecule has 1 atom stereocenters. The molecule has 5 heteroatoms. The van der Waals surface area contributed by atoms with Crippen molar-refractivity contribution in [2.75, 3.05) is 5.32 Å². The summed E-state index contributed by atoms with van der Waals surface area (Å²) in [4.78, 5) is 11.2. The van der Waals surface area contributed by atoms with Gasteiger partial charge in [0, 0.05) is 15.0 Å². The molecule has 20 heavy (non-hydrogen) atoms. The number of benzene rings is 2. The molecule has 0 aliphatic carbocycles. The number of carboxylic acid groups (broad SMARTS) is 1. The molecule has 2 aromatic carbocycles. The second-order valence-electron chi connectivity index (χ2n) is 4.41. The van der Waals surface area contributed by atoms with Gasteiger partial charge in [-0.3, -0.25) is 0 Å². The Hall–Kier alpha value is -1.33. The molecule has 0 saturated heterocycles. The van der Waals surface area contributed by atoms with Gasteiger partial charge in [-0.05, 0) is 42.8 Å². The number of hydrogen-bond acceptors (Lipinski definition) is 2. The predicted octanol–water partition coefficient (Wildman–Crippen LogP) is 5.08. The molecule has 0 radical (unpaired) electrons. The van der Waals surface area contributed by atoms with Gasteiger partial charge in [0.25, 0.3) is 0 Å². The number of carbonyl (C=O) groups is 1. The van der Waals surface area contributed by atoms with Crippen molar-refractivity contribution in [2.24, 2.45) is 0 Å². The van der Waals surface area contributed by atoms with Gasteiger partial charge in [0.2, 0.25) is 0 Å². The number of carboxylic acids is 1. The molecule has 0 aromatic heterocycles. The van der Waals surface area contributed by atoms with E-state index in [9.17, 15) is 9.90 Å². The zero-order chi connectivity index (χ0) is 14.7. The molecule has 0 bridgehead atoms. The first-order chi connectivity index (χ1) is 9.47. The van der Waals surface area contributed by atoms with E-state index in [1.807, 2.05) is 31.2 Å². The van der Waals surface area contributed by atoms with E-state index in [1.165, 1.54) is 0 Å². The highest BCUT2D eigenvalue weighted by molar-refractivity contribution is 9.10. The van der Waals surface area contributed by atoms with Crippen LogP contribution in [0, 0.1) is 0 Å². The molecule has 2 aromatic rings. The summed E-state index contributed by atoms with van der Waals surface area (Å²) in [5.41, 5.74) is 1.95. The first-order valence-corrected chi connectivity index (χ1v) is 7.61. The van der Waals surface area contributed by atoms with Crippen molar-refractivity contribution in [2.45, 2.75) is 13.0 Å². The predicted molar refractivity (Wildman–Crippen MR) is 87.3 cm³/mol. The average Bonchev–Trinajstić information content (AvgIpc) is 2.39. The van der Waals surface area contributed by atoms with Crippen LogP contribution in [0.15, 0.2) is 51.4 Å². The molecule has 104 valence electrons. The minimum atomic E-state index is -0.942. The average molecular weight is 399 g/mol. The third-order valence-electron chi connectivity index (χ3n) is 2.95. The highest BCUT2D eigenvalue weighted by Gasteiger charge is 2.13. The van der Waals surface area contributed by atoms with Gasteiger partial charge < -0.3 is 10.4 Å². The zero-order valence-corrected chi connectivity index (χ0v) is 13.9. The summed E-state index contributed by atoms with van der Waals surface area (Å²) in [5, 5.41) is 12.5. The SMILES string of the molecule is CC(Nc1cc(Br)ccc1C(=O)O)c1ccc(Br)cc1. The number of rotatable bonds is 4. The second-order valence-corrected chi connectivity index (χ2v) is 6.24. The molecule has 0 fully saturated rings. The molecule has 0 heterocycles. The van der Waals surface area contributed by atoms with Gasteiger partial charge in [0.1, 0.15) is 0 Å². The van der Waals surface area contributed by atoms with Crippen molar-refractivity contribution in [3.8, 4) is 0 Å². The lowest BCUT2D eigenvalue weighted by Gasteiger charge is -2.17. The van der Waals surface area contributed by atoms with Crippen molar-refractivity contribution in [3.63, 3.8) is 0 Å². The number of halogens is 2. The number of anilines is 1. The Morgan fingerprint density at radius 2 is 1.70 bits per heavy atom. The first-order valence-electron chi connectivity index (χ1n) is 6.02. The van der Waals surface area contributed by atoms with Crippen molar-refractivity contribution in [1.82, 2.24) is 0 Å². The third-order valence-corrected chi connectivity index (χ3v) is 3.98. The molecule has 2 rings (SSSR count). The number of aromatic carboxylic acids is 1. The van der Waals surface area contributed by atoms with E-state index in [1.54, 1.807) is 18.2 Å².